The van der Waals surface area contributed by atoms with E-state index in [2.05, 4.69) is 10.3 Å². The molecule has 1 aromatic heterocycles. The highest BCUT2D eigenvalue weighted by atomic mass is 16.5. The van der Waals surface area contributed by atoms with Gasteiger partial charge in [-0.25, -0.2) is 4.79 Å². The Morgan fingerprint density at radius 2 is 2.44 bits per heavy atom. The van der Waals surface area contributed by atoms with Crippen molar-refractivity contribution in [2.24, 2.45) is 0 Å². The zero-order valence-corrected chi connectivity index (χ0v) is 10.8. The number of carbonyl (C=O) groups excluding carboxylic acids is 1. The first-order valence-corrected chi connectivity index (χ1v) is 6.22. The number of urea groups is 1. The van der Waals surface area contributed by atoms with Crippen molar-refractivity contribution < 1.29 is 9.53 Å². The molecule has 1 aliphatic heterocycles. The third-order valence-electron chi connectivity index (χ3n) is 2.90. The van der Waals surface area contributed by atoms with Crippen LogP contribution >= 0.6 is 0 Å². The summed E-state index contributed by atoms with van der Waals surface area (Å²) in [5.41, 5.74) is 1.84. The molecule has 1 unspecified atom stereocenters. The van der Waals surface area contributed by atoms with Crippen LogP contribution in [0.15, 0.2) is 18.2 Å². The molecule has 2 heterocycles. The van der Waals surface area contributed by atoms with E-state index in [1.165, 1.54) is 0 Å². The number of rotatable bonds is 2. The third-order valence-corrected chi connectivity index (χ3v) is 2.90. The molecule has 5 heteroatoms. The Balaban J connectivity index is 1.84. The van der Waals surface area contributed by atoms with E-state index in [0.29, 0.717) is 26.2 Å². The van der Waals surface area contributed by atoms with Crippen molar-refractivity contribution in [1.82, 2.24) is 15.2 Å². The van der Waals surface area contributed by atoms with Crippen LogP contribution in [0.25, 0.3) is 0 Å². The summed E-state index contributed by atoms with van der Waals surface area (Å²) in [4.78, 5) is 18.1. The number of aryl methyl sites for hydroxylation is 1. The minimum atomic E-state index is -0.0477. The summed E-state index contributed by atoms with van der Waals surface area (Å²) in [6.45, 7) is 6.28. The minimum Gasteiger partial charge on any atom is -0.375 e. The van der Waals surface area contributed by atoms with E-state index in [9.17, 15) is 4.79 Å². The number of nitrogens with one attached hydrogen (secondary N) is 1. The maximum atomic E-state index is 11.9. The molecule has 2 amide bonds. The van der Waals surface area contributed by atoms with E-state index >= 15 is 0 Å². The van der Waals surface area contributed by atoms with E-state index < -0.39 is 0 Å². The molecule has 0 spiro atoms. The van der Waals surface area contributed by atoms with Gasteiger partial charge < -0.3 is 15.0 Å². The Morgan fingerprint density at radius 3 is 3.17 bits per heavy atom. The van der Waals surface area contributed by atoms with E-state index in [1.807, 2.05) is 32.0 Å². The highest BCUT2D eigenvalue weighted by Crippen LogP contribution is 2.05. The quantitative estimate of drug-likeness (QED) is 0.860. The second-order valence-corrected chi connectivity index (χ2v) is 4.56. The fourth-order valence-electron chi connectivity index (χ4n) is 1.98. The summed E-state index contributed by atoms with van der Waals surface area (Å²) < 4.78 is 5.40. The van der Waals surface area contributed by atoms with Crippen LogP contribution in [-0.4, -0.2) is 41.7 Å². The molecule has 0 radical (unpaired) electrons. The van der Waals surface area contributed by atoms with E-state index in [-0.39, 0.29) is 12.1 Å². The first-order valence-electron chi connectivity index (χ1n) is 6.22. The summed E-state index contributed by atoms with van der Waals surface area (Å²) >= 11 is 0. The molecule has 0 bridgehead atoms. The Kier molecular flexibility index (Phi) is 4.15. The number of hydrogen-bond acceptors (Lipinski definition) is 3. The Bertz CT molecular complexity index is 422. The number of hydrogen-bond donors (Lipinski definition) is 1. The molecule has 0 aromatic carbocycles. The molecule has 1 saturated heterocycles. The van der Waals surface area contributed by atoms with Crippen molar-refractivity contribution in [2.75, 3.05) is 19.7 Å². The summed E-state index contributed by atoms with van der Waals surface area (Å²) in [5.74, 6) is 0. The molecular weight excluding hydrogens is 230 g/mol. The number of pyridine rings is 1. The molecule has 1 N–H and O–H groups in total. The lowest BCUT2D eigenvalue weighted by atomic mass is 10.3. The van der Waals surface area contributed by atoms with Crippen LogP contribution in [0.4, 0.5) is 4.79 Å². The molecule has 5 nitrogen and oxygen atoms in total. The van der Waals surface area contributed by atoms with Crippen molar-refractivity contribution in [3.05, 3.63) is 29.6 Å². The highest BCUT2D eigenvalue weighted by molar-refractivity contribution is 5.74. The number of amides is 2. The normalized spacial score (nSPS) is 19.7. The van der Waals surface area contributed by atoms with E-state index in [4.69, 9.17) is 4.74 Å². The van der Waals surface area contributed by atoms with Crippen LogP contribution in [0.2, 0.25) is 0 Å². The lowest BCUT2D eigenvalue weighted by Gasteiger charge is -2.31. The molecule has 2 rings (SSSR count). The second kappa shape index (κ2) is 5.82. The van der Waals surface area contributed by atoms with Gasteiger partial charge >= 0.3 is 6.03 Å². The van der Waals surface area contributed by atoms with Crippen LogP contribution in [0.5, 0.6) is 0 Å². The highest BCUT2D eigenvalue weighted by Gasteiger charge is 2.20. The SMILES string of the molecule is Cc1cccc(CNC(=O)N2CCOC(C)C2)n1. The average molecular weight is 249 g/mol. The molecular formula is C13H19N3O2. The maximum absolute atomic E-state index is 11.9. The van der Waals surface area contributed by atoms with Gasteiger partial charge in [0, 0.05) is 18.8 Å². The predicted octanol–water partition coefficient (Wildman–Crippen LogP) is 1.32. The van der Waals surface area contributed by atoms with Gasteiger partial charge in [-0.15, -0.1) is 0 Å². The van der Waals surface area contributed by atoms with E-state index in [0.717, 1.165) is 11.4 Å². The van der Waals surface area contributed by atoms with Gasteiger partial charge in [0.25, 0.3) is 0 Å². The van der Waals surface area contributed by atoms with Gasteiger partial charge in [-0.05, 0) is 26.0 Å². The average Bonchev–Trinajstić information content (AvgIpc) is 2.36. The lowest BCUT2D eigenvalue weighted by Crippen LogP contribution is -2.48. The number of nitrogens with zero attached hydrogens (tertiary/aromatic N) is 2. The van der Waals surface area contributed by atoms with Crippen molar-refractivity contribution >= 4 is 6.03 Å². The first-order chi connectivity index (χ1) is 8.65. The molecule has 1 fully saturated rings. The van der Waals surface area contributed by atoms with E-state index in [1.54, 1.807) is 4.90 Å². The van der Waals surface area contributed by atoms with Gasteiger partial charge in [-0.2, -0.15) is 0 Å². The number of carbonyl (C=O) groups is 1. The van der Waals surface area contributed by atoms with Gasteiger partial charge in [0.2, 0.25) is 0 Å². The van der Waals surface area contributed by atoms with Crippen molar-refractivity contribution in [2.45, 2.75) is 26.5 Å². The topological polar surface area (TPSA) is 54.5 Å². The predicted molar refractivity (Wildman–Crippen MR) is 68.2 cm³/mol. The third kappa shape index (κ3) is 3.43. The second-order valence-electron chi connectivity index (χ2n) is 4.56. The van der Waals surface area contributed by atoms with Crippen LogP contribution in [0.1, 0.15) is 18.3 Å². The van der Waals surface area contributed by atoms with Crippen molar-refractivity contribution in [3.8, 4) is 0 Å². The summed E-state index contributed by atoms with van der Waals surface area (Å²) in [6.07, 6.45) is 0.113. The number of aromatic nitrogens is 1. The zero-order chi connectivity index (χ0) is 13.0. The Hall–Kier alpha value is -1.62. The minimum absolute atomic E-state index is 0.0477. The maximum Gasteiger partial charge on any atom is 0.317 e. The van der Waals surface area contributed by atoms with Gasteiger partial charge in [-0.3, -0.25) is 4.98 Å². The summed E-state index contributed by atoms with van der Waals surface area (Å²) in [6, 6.07) is 5.75. The number of morpholine rings is 1. The molecule has 1 atom stereocenters. The smallest absolute Gasteiger partial charge is 0.317 e. The summed E-state index contributed by atoms with van der Waals surface area (Å²) in [7, 11) is 0. The Morgan fingerprint density at radius 1 is 1.61 bits per heavy atom. The Labute approximate surface area is 107 Å². The van der Waals surface area contributed by atoms with Crippen LogP contribution in [0.3, 0.4) is 0 Å². The largest absolute Gasteiger partial charge is 0.375 e. The van der Waals surface area contributed by atoms with Gasteiger partial charge in [0.1, 0.15) is 0 Å². The van der Waals surface area contributed by atoms with Crippen LogP contribution in [0, 0.1) is 6.92 Å². The standard InChI is InChI=1S/C13H19N3O2/c1-10-4-3-5-12(15-10)8-14-13(17)16-6-7-18-11(2)9-16/h3-5,11H,6-9H2,1-2H3,(H,14,17). The van der Waals surface area contributed by atoms with Gasteiger partial charge in [-0.1, -0.05) is 6.07 Å². The fourth-order valence-corrected chi connectivity index (χ4v) is 1.98. The molecule has 18 heavy (non-hydrogen) atoms. The van der Waals surface area contributed by atoms with Gasteiger partial charge in [0.15, 0.2) is 0 Å². The molecule has 98 valence electrons. The number of ether oxygens (including phenoxy) is 1. The lowest BCUT2D eigenvalue weighted by molar-refractivity contribution is -0.00352. The zero-order valence-electron chi connectivity index (χ0n) is 10.8. The van der Waals surface area contributed by atoms with Crippen LogP contribution in [-0.2, 0) is 11.3 Å². The fraction of sp³-hybridized carbons (Fsp3) is 0.538. The molecule has 1 aliphatic rings. The summed E-state index contributed by atoms with van der Waals surface area (Å²) in [5, 5.41) is 2.89. The molecule has 1 aromatic rings. The monoisotopic (exact) mass is 249 g/mol. The molecule has 0 saturated carbocycles. The van der Waals surface area contributed by atoms with Crippen molar-refractivity contribution in [1.29, 1.82) is 0 Å². The van der Waals surface area contributed by atoms with Crippen molar-refractivity contribution in [3.63, 3.8) is 0 Å². The first kappa shape index (κ1) is 12.8. The molecule has 0 aliphatic carbocycles. The van der Waals surface area contributed by atoms with Crippen LogP contribution < -0.4 is 5.32 Å². The van der Waals surface area contributed by atoms with Gasteiger partial charge in [0.05, 0.1) is 24.9 Å².